The Labute approximate surface area is 103 Å². The molecule has 1 unspecified atom stereocenters. The number of nitrogens with zero attached hydrogens (tertiary/aromatic N) is 1. The second kappa shape index (κ2) is 5.39. The Bertz CT molecular complexity index is 358. The lowest BCUT2D eigenvalue weighted by Gasteiger charge is -2.23. The molecule has 3 heteroatoms. The highest BCUT2D eigenvalue weighted by Crippen LogP contribution is 2.26. The van der Waals surface area contributed by atoms with E-state index in [1.54, 1.807) is 6.07 Å². The van der Waals surface area contributed by atoms with Gasteiger partial charge in [0.25, 0.3) is 0 Å². The molecule has 0 saturated carbocycles. The molecule has 0 spiro atoms. The van der Waals surface area contributed by atoms with E-state index in [1.165, 1.54) is 31.7 Å². The number of halogens is 1. The Morgan fingerprint density at radius 2 is 2.12 bits per heavy atom. The lowest BCUT2D eigenvalue weighted by atomic mass is 9.98. The molecular formula is C14H21FN2. The van der Waals surface area contributed by atoms with Crippen LogP contribution in [0.25, 0.3) is 0 Å². The smallest absolute Gasteiger partial charge is 0.127 e. The molecule has 1 aliphatic heterocycles. The molecule has 1 aliphatic rings. The van der Waals surface area contributed by atoms with Crippen LogP contribution in [-0.2, 0) is 0 Å². The molecule has 17 heavy (non-hydrogen) atoms. The third-order valence-electron chi connectivity index (χ3n) is 3.70. The molecule has 1 atom stereocenters. The quantitative estimate of drug-likeness (QED) is 0.797. The van der Waals surface area contributed by atoms with Crippen LogP contribution in [0.2, 0.25) is 0 Å². The molecule has 2 N–H and O–H groups in total. The summed E-state index contributed by atoms with van der Waals surface area (Å²) in [5, 5.41) is 0. The number of hydrogen-bond donors (Lipinski definition) is 1. The molecule has 0 aromatic heterocycles. The van der Waals surface area contributed by atoms with Crippen molar-refractivity contribution in [2.45, 2.75) is 32.6 Å². The van der Waals surface area contributed by atoms with Gasteiger partial charge in [0.15, 0.2) is 0 Å². The predicted molar refractivity (Wildman–Crippen MR) is 70.7 cm³/mol. The molecule has 0 bridgehead atoms. The van der Waals surface area contributed by atoms with Crippen molar-refractivity contribution in [1.82, 2.24) is 0 Å². The Balaban J connectivity index is 2.11. The van der Waals surface area contributed by atoms with E-state index in [4.69, 9.17) is 5.73 Å². The van der Waals surface area contributed by atoms with E-state index < -0.39 is 0 Å². The maximum absolute atomic E-state index is 13.3. The second-order valence-electron chi connectivity index (χ2n) is 4.93. The summed E-state index contributed by atoms with van der Waals surface area (Å²) in [6.45, 7) is 4.28. The van der Waals surface area contributed by atoms with Gasteiger partial charge in [0.1, 0.15) is 5.82 Å². The van der Waals surface area contributed by atoms with Gasteiger partial charge in [-0.3, -0.25) is 0 Å². The first-order valence-corrected chi connectivity index (χ1v) is 6.50. The van der Waals surface area contributed by atoms with Crippen molar-refractivity contribution in [3.8, 4) is 0 Å². The Morgan fingerprint density at radius 3 is 2.82 bits per heavy atom. The van der Waals surface area contributed by atoms with Gasteiger partial charge < -0.3 is 10.6 Å². The molecule has 0 radical (unpaired) electrons. The fraction of sp³-hybridized carbons (Fsp3) is 0.571. The molecule has 1 heterocycles. The van der Waals surface area contributed by atoms with E-state index in [1.807, 2.05) is 6.07 Å². The van der Waals surface area contributed by atoms with Crippen LogP contribution in [0.15, 0.2) is 18.2 Å². The first-order valence-electron chi connectivity index (χ1n) is 6.50. The van der Waals surface area contributed by atoms with Crippen LogP contribution in [0.5, 0.6) is 0 Å². The van der Waals surface area contributed by atoms with Gasteiger partial charge in [0, 0.05) is 24.5 Å². The normalized spacial score (nSPS) is 21.3. The molecule has 1 aromatic carbocycles. The Morgan fingerprint density at radius 1 is 1.29 bits per heavy atom. The average molecular weight is 236 g/mol. The summed E-state index contributed by atoms with van der Waals surface area (Å²) in [4.78, 5) is 2.26. The SMILES string of the molecule is CCC1CCCN(c2cc(N)cc(F)c2)CC1. The summed E-state index contributed by atoms with van der Waals surface area (Å²) in [6.07, 6.45) is 4.93. The second-order valence-corrected chi connectivity index (χ2v) is 4.93. The van der Waals surface area contributed by atoms with E-state index >= 15 is 0 Å². The van der Waals surface area contributed by atoms with Crippen molar-refractivity contribution in [1.29, 1.82) is 0 Å². The highest BCUT2D eigenvalue weighted by Gasteiger charge is 2.16. The molecule has 94 valence electrons. The Kier molecular flexibility index (Phi) is 3.87. The van der Waals surface area contributed by atoms with Crippen molar-refractivity contribution in [2.24, 2.45) is 5.92 Å². The zero-order valence-corrected chi connectivity index (χ0v) is 10.5. The van der Waals surface area contributed by atoms with Gasteiger partial charge in [0.2, 0.25) is 0 Å². The molecule has 2 rings (SSSR count). The number of hydrogen-bond acceptors (Lipinski definition) is 2. The van der Waals surface area contributed by atoms with Gasteiger partial charge in [-0.15, -0.1) is 0 Å². The minimum atomic E-state index is -0.240. The monoisotopic (exact) mass is 236 g/mol. The topological polar surface area (TPSA) is 29.3 Å². The van der Waals surface area contributed by atoms with Gasteiger partial charge >= 0.3 is 0 Å². The molecule has 0 aliphatic carbocycles. The van der Waals surface area contributed by atoms with Gasteiger partial charge in [-0.25, -0.2) is 4.39 Å². The van der Waals surface area contributed by atoms with Gasteiger partial charge in [-0.1, -0.05) is 13.3 Å². The van der Waals surface area contributed by atoms with E-state index in [0.29, 0.717) is 5.69 Å². The van der Waals surface area contributed by atoms with Crippen LogP contribution in [0, 0.1) is 11.7 Å². The maximum Gasteiger partial charge on any atom is 0.127 e. The minimum absolute atomic E-state index is 0.240. The molecular weight excluding hydrogens is 215 g/mol. The van der Waals surface area contributed by atoms with Crippen LogP contribution in [-0.4, -0.2) is 13.1 Å². The number of nitrogens with two attached hydrogens (primary N) is 1. The van der Waals surface area contributed by atoms with Crippen molar-refractivity contribution in [2.75, 3.05) is 23.7 Å². The lowest BCUT2D eigenvalue weighted by Crippen LogP contribution is -2.24. The van der Waals surface area contributed by atoms with E-state index in [9.17, 15) is 4.39 Å². The highest BCUT2D eigenvalue weighted by atomic mass is 19.1. The van der Waals surface area contributed by atoms with Crippen molar-refractivity contribution >= 4 is 11.4 Å². The first kappa shape index (κ1) is 12.2. The molecule has 1 saturated heterocycles. The number of benzene rings is 1. The standard InChI is InChI=1S/C14H21FN2/c1-2-11-4-3-6-17(7-5-11)14-9-12(15)8-13(16)10-14/h8-11H,2-7,16H2,1H3. The zero-order chi connectivity index (χ0) is 12.3. The van der Waals surface area contributed by atoms with Gasteiger partial charge in [-0.2, -0.15) is 0 Å². The minimum Gasteiger partial charge on any atom is -0.399 e. The predicted octanol–water partition coefficient (Wildman–Crippen LogP) is 3.42. The van der Waals surface area contributed by atoms with Gasteiger partial charge in [-0.05, 0) is 43.4 Å². The van der Waals surface area contributed by atoms with Crippen LogP contribution >= 0.6 is 0 Å². The van der Waals surface area contributed by atoms with E-state index in [2.05, 4.69) is 11.8 Å². The number of anilines is 2. The fourth-order valence-electron chi connectivity index (χ4n) is 2.61. The summed E-state index contributed by atoms with van der Waals surface area (Å²) >= 11 is 0. The number of rotatable bonds is 2. The van der Waals surface area contributed by atoms with E-state index in [-0.39, 0.29) is 5.82 Å². The highest BCUT2D eigenvalue weighted by molar-refractivity contribution is 5.56. The summed E-state index contributed by atoms with van der Waals surface area (Å²) in [6, 6.07) is 4.83. The maximum atomic E-state index is 13.3. The molecule has 0 amide bonds. The van der Waals surface area contributed by atoms with Crippen LogP contribution in [0.3, 0.4) is 0 Å². The lowest BCUT2D eigenvalue weighted by molar-refractivity contribution is 0.459. The Hall–Kier alpha value is -1.25. The van der Waals surface area contributed by atoms with Crippen LogP contribution in [0.1, 0.15) is 32.6 Å². The summed E-state index contributed by atoms with van der Waals surface area (Å²) in [5.74, 6) is 0.585. The molecule has 1 fully saturated rings. The van der Waals surface area contributed by atoms with Crippen LogP contribution < -0.4 is 10.6 Å². The fourth-order valence-corrected chi connectivity index (χ4v) is 2.61. The number of nitrogen functional groups attached to an aromatic ring is 1. The molecule has 2 nitrogen and oxygen atoms in total. The third kappa shape index (κ3) is 3.11. The van der Waals surface area contributed by atoms with E-state index in [0.717, 1.165) is 24.7 Å². The average Bonchev–Trinajstić information content (AvgIpc) is 2.52. The third-order valence-corrected chi connectivity index (χ3v) is 3.70. The van der Waals surface area contributed by atoms with Crippen molar-refractivity contribution < 1.29 is 4.39 Å². The summed E-state index contributed by atoms with van der Waals surface area (Å²) in [5.41, 5.74) is 7.13. The first-order chi connectivity index (χ1) is 8.19. The molecule has 1 aromatic rings. The van der Waals surface area contributed by atoms with Crippen molar-refractivity contribution in [3.63, 3.8) is 0 Å². The van der Waals surface area contributed by atoms with Gasteiger partial charge in [0.05, 0.1) is 0 Å². The van der Waals surface area contributed by atoms with Crippen molar-refractivity contribution in [3.05, 3.63) is 24.0 Å². The summed E-state index contributed by atoms with van der Waals surface area (Å²) in [7, 11) is 0. The summed E-state index contributed by atoms with van der Waals surface area (Å²) < 4.78 is 13.3. The zero-order valence-electron chi connectivity index (χ0n) is 10.5. The largest absolute Gasteiger partial charge is 0.399 e. The van der Waals surface area contributed by atoms with Crippen LogP contribution in [0.4, 0.5) is 15.8 Å².